The van der Waals surface area contributed by atoms with E-state index in [1.165, 1.54) is 19.3 Å². The van der Waals surface area contributed by atoms with Gasteiger partial charge in [0.2, 0.25) is 0 Å². The Labute approximate surface area is 128 Å². The fourth-order valence-electron chi connectivity index (χ4n) is 2.83. The van der Waals surface area contributed by atoms with E-state index in [-0.39, 0.29) is 6.61 Å². The molecule has 0 aromatic heterocycles. The molecular weight excluding hydrogens is 262 g/mol. The van der Waals surface area contributed by atoms with Crippen LogP contribution in [-0.2, 0) is 10.3 Å². The molecule has 0 radical (unpaired) electrons. The van der Waals surface area contributed by atoms with E-state index < -0.39 is 5.54 Å². The second-order valence-corrected chi connectivity index (χ2v) is 6.50. The molecule has 118 valence electrons. The van der Waals surface area contributed by atoms with Crippen molar-refractivity contribution in [1.29, 1.82) is 0 Å². The van der Waals surface area contributed by atoms with Crippen molar-refractivity contribution in [2.24, 2.45) is 5.92 Å². The van der Waals surface area contributed by atoms with Gasteiger partial charge in [-0.1, -0.05) is 43.2 Å². The molecule has 3 heteroatoms. The molecule has 0 spiro atoms. The third kappa shape index (κ3) is 5.10. The summed E-state index contributed by atoms with van der Waals surface area (Å²) in [5.74, 6) is 0.913. The van der Waals surface area contributed by atoms with Crippen molar-refractivity contribution in [3.63, 3.8) is 0 Å². The van der Waals surface area contributed by atoms with Gasteiger partial charge in [0.15, 0.2) is 0 Å². The third-order valence-corrected chi connectivity index (χ3v) is 4.20. The zero-order chi connectivity index (χ0) is 15.1. The van der Waals surface area contributed by atoms with Gasteiger partial charge in [0.1, 0.15) is 0 Å². The number of ether oxygens (including phenoxy) is 1. The Kier molecular flexibility index (Phi) is 6.22. The highest BCUT2D eigenvalue weighted by molar-refractivity contribution is 5.25. The number of hydrogen-bond acceptors (Lipinski definition) is 3. The van der Waals surface area contributed by atoms with Crippen LogP contribution in [0.4, 0.5) is 0 Å². The highest BCUT2D eigenvalue weighted by Gasteiger charge is 2.31. The summed E-state index contributed by atoms with van der Waals surface area (Å²) in [6.45, 7) is 5.84. The topological polar surface area (TPSA) is 41.5 Å². The van der Waals surface area contributed by atoms with Gasteiger partial charge in [0.05, 0.1) is 12.1 Å². The molecule has 0 amide bonds. The van der Waals surface area contributed by atoms with E-state index in [1.807, 2.05) is 18.2 Å². The maximum Gasteiger partial charge on any atom is 0.0693 e. The predicted octanol–water partition coefficient (Wildman–Crippen LogP) is 3.08. The fraction of sp³-hybridized carbons (Fsp3) is 0.667. The highest BCUT2D eigenvalue weighted by Crippen LogP contribution is 2.32. The average Bonchev–Trinajstić information content (AvgIpc) is 3.30. The molecule has 0 bridgehead atoms. The van der Waals surface area contributed by atoms with E-state index in [9.17, 15) is 5.11 Å². The summed E-state index contributed by atoms with van der Waals surface area (Å²) >= 11 is 0. The maximum absolute atomic E-state index is 10.0. The number of hydrogen-bond donors (Lipinski definition) is 2. The lowest BCUT2D eigenvalue weighted by molar-refractivity contribution is 0.0721. The van der Waals surface area contributed by atoms with Crippen molar-refractivity contribution in [3.8, 4) is 0 Å². The Morgan fingerprint density at radius 1 is 1.24 bits per heavy atom. The Morgan fingerprint density at radius 3 is 2.52 bits per heavy atom. The molecule has 0 heterocycles. The number of nitrogens with one attached hydrogen (secondary N) is 1. The molecule has 3 nitrogen and oxygen atoms in total. The summed E-state index contributed by atoms with van der Waals surface area (Å²) in [4.78, 5) is 0. The van der Waals surface area contributed by atoms with Crippen LogP contribution in [0, 0.1) is 5.92 Å². The average molecular weight is 291 g/mol. The van der Waals surface area contributed by atoms with Gasteiger partial charge in [-0.05, 0) is 38.2 Å². The third-order valence-electron chi connectivity index (χ3n) is 4.20. The quantitative estimate of drug-likeness (QED) is 0.651. The van der Waals surface area contributed by atoms with Gasteiger partial charge >= 0.3 is 0 Å². The summed E-state index contributed by atoms with van der Waals surface area (Å²) in [7, 11) is 0. The molecule has 1 fully saturated rings. The number of rotatable bonds is 10. The number of benzene rings is 1. The first-order valence-electron chi connectivity index (χ1n) is 8.18. The molecule has 1 aliphatic carbocycles. The summed E-state index contributed by atoms with van der Waals surface area (Å²) in [6.07, 6.45) is 4.73. The second-order valence-electron chi connectivity index (χ2n) is 6.50. The molecule has 0 saturated heterocycles. The van der Waals surface area contributed by atoms with Crippen LogP contribution in [0.1, 0.15) is 45.1 Å². The van der Waals surface area contributed by atoms with E-state index in [4.69, 9.17) is 4.74 Å². The first kappa shape index (κ1) is 16.5. The van der Waals surface area contributed by atoms with Crippen LogP contribution in [-0.4, -0.2) is 31.0 Å². The first-order valence-corrected chi connectivity index (χ1v) is 8.18. The fourth-order valence-corrected chi connectivity index (χ4v) is 2.83. The van der Waals surface area contributed by atoms with Crippen molar-refractivity contribution in [1.82, 2.24) is 5.32 Å². The van der Waals surface area contributed by atoms with E-state index in [2.05, 4.69) is 31.3 Å². The van der Waals surface area contributed by atoms with Gasteiger partial charge < -0.3 is 15.2 Å². The van der Waals surface area contributed by atoms with Crippen molar-refractivity contribution in [2.75, 3.05) is 19.8 Å². The minimum Gasteiger partial charge on any atom is -0.394 e. The zero-order valence-electron chi connectivity index (χ0n) is 13.3. The van der Waals surface area contributed by atoms with Crippen LogP contribution in [0.15, 0.2) is 30.3 Å². The van der Waals surface area contributed by atoms with E-state index >= 15 is 0 Å². The molecule has 2 N–H and O–H groups in total. The van der Waals surface area contributed by atoms with E-state index in [1.54, 1.807) is 0 Å². The number of aliphatic hydroxyl groups excluding tert-OH is 1. The molecule has 21 heavy (non-hydrogen) atoms. The van der Waals surface area contributed by atoms with Crippen molar-refractivity contribution in [3.05, 3.63) is 35.9 Å². The Morgan fingerprint density at radius 2 is 1.95 bits per heavy atom. The van der Waals surface area contributed by atoms with Gasteiger partial charge in [-0.15, -0.1) is 0 Å². The zero-order valence-corrected chi connectivity index (χ0v) is 13.3. The SMILES string of the molecule is CC(C)NC(CO)(CCOCCC1CC1)c1ccccc1. The smallest absolute Gasteiger partial charge is 0.0693 e. The molecule has 0 aliphatic heterocycles. The van der Waals surface area contributed by atoms with E-state index in [0.29, 0.717) is 12.6 Å². The van der Waals surface area contributed by atoms with Crippen LogP contribution in [0.2, 0.25) is 0 Å². The standard InChI is InChI=1S/C18H29NO2/c1-15(2)19-18(14-20,17-6-4-3-5-7-17)11-13-21-12-10-16-8-9-16/h3-7,15-16,19-20H,8-14H2,1-2H3. The number of aliphatic hydroxyl groups is 1. The second kappa shape index (κ2) is 7.92. The molecule has 1 aliphatic rings. The van der Waals surface area contributed by atoms with Crippen LogP contribution >= 0.6 is 0 Å². The molecule has 1 unspecified atom stereocenters. The maximum atomic E-state index is 10.0. The van der Waals surface area contributed by atoms with Crippen molar-refractivity contribution in [2.45, 2.75) is 51.1 Å². The van der Waals surface area contributed by atoms with Gasteiger partial charge in [-0.25, -0.2) is 0 Å². The van der Waals surface area contributed by atoms with Gasteiger partial charge in [0.25, 0.3) is 0 Å². The van der Waals surface area contributed by atoms with Gasteiger partial charge in [-0.2, -0.15) is 0 Å². The van der Waals surface area contributed by atoms with Crippen LogP contribution in [0.25, 0.3) is 0 Å². The Bertz CT molecular complexity index is 403. The molecule has 1 aromatic carbocycles. The summed E-state index contributed by atoms with van der Waals surface area (Å²) < 4.78 is 5.79. The minimum atomic E-state index is -0.408. The molecule has 1 aromatic rings. The summed E-state index contributed by atoms with van der Waals surface area (Å²) in [5, 5.41) is 13.6. The molecule has 1 atom stereocenters. The monoisotopic (exact) mass is 291 g/mol. The first-order chi connectivity index (χ1) is 10.2. The van der Waals surface area contributed by atoms with Crippen molar-refractivity contribution >= 4 is 0 Å². The molecule has 1 saturated carbocycles. The molecule has 2 rings (SSSR count). The van der Waals surface area contributed by atoms with Gasteiger partial charge in [0, 0.05) is 19.3 Å². The minimum absolute atomic E-state index is 0.0845. The van der Waals surface area contributed by atoms with E-state index in [0.717, 1.165) is 24.5 Å². The Balaban J connectivity index is 1.93. The van der Waals surface area contributed by atoms with Gasteiger partial charge in [-0.3, -0.25) is 0 Å². The van der Waals surface area contributed by atoms with Crippen LogP contribution < -0.4 is 5.32 Å². The van der Waals surface area contributed by atoms with Crippen LogP contribution in [0.3, 0.4) is 0 Å². The lowest BCUT2D eigenvalue weighted by Gasteiger charge is -2.35. The van der Waals surface area contributed by atoms with Crippen molar-refractivity contribution < 1.29 is 9.84 Å². The Hall–Kier alpha value is -0.900. The lowest BCUT2D eigenvalue weighted by Crippen LogP contribution is -2.49. The lowest BCUT2D eigenvalue weighted by atomic mass is 9.87. The van der Waals surface area contributed by atoms with Crippen LogP contribution in [0.5, 0.6) is 0 Å². The summed E-state index contributed by atoms with van der Waals surface area (Å²) in [5.41, 5.74) is 0.724. The normalized spacial score (nSPS) is 17.9. The highest BCUT2D eigenvalue weighted by atomic mass is 16.5. The molecular formula is C18H29NO2. The largest absolute Gasteiger partial charge is 0.394 e. The predicted molar refractivity (Wildman–Crippen MR) is 86.3 cm³/mol. The summed E-state index contributed by atoms with van der Waals surface area (Å²) in [6, 6.07) is 10.5.